The summed E-state index contributed by atoms with van der Waals surface area (Å²) in [5, 5.41) is 20.6. The fourth-order valence-electron chi connectivity index (χ4n) is 4.53. The molecule has 0 saturated carbocycles. The molecule has 0 bridgehead atoms. The minimum absolute atomic E-state index is 0.136. The lowest BCUT2D eigenvalue weighted by Gasteiger charge is -2.48. The Morgan fingerprint density at radius 3 is 2.60 bits per heavy atom. The molecule has 9 nitrogen and oxygen atoms in total. The van der Waals surface area contributed by atoms with Crippen LogP contribution in [0.1, 0.15) is 35.8 Å². The monoisotopic (exact) mass is 445 g/mol. The highest BCUT2D eigenvalue weighted by Gasteiger charge is 2.53. The number of β-amino-alcohol motifs (C(OH)–C–C–N with tert-alkyl or cyclic N) is 1. The molecule has 2 aromatic rings. The second-order valence-electron chi connectivity index (χ2n) is 8.33. The summed E-state index contributed by atoms with van der Waals surface area (Å²) in [6, 6.07) is 2.56. The molecule has 0 aliphatic carbocycles. The van der Waals surface area contributed by atoms with Crippen molar-refractivity contribution in [3.63, 3.8) is 0 Å². The number of nitriles is 1. The normalized spacial score (nSPS) is 24.5. The van der Waals surface area contributed by atoms with Gasteiger partial charge in [-0.25, -0.2) is 0 Å². The van der Waals surface area contributed by atoms with Crippen molar-refractivity contribution in [2.75, 3.05) is 48.8 Å². The van der Waals surface area contributed by atoms with Crippen LogP contribution in [0.25, 0.3) is 0 Å². The molecule has 0 aromatic carbocycles. The molecule has 0 radical (unpaired) electrons. The number of thiophene rings is 1. The first-order valence-corrected chi connectivity index (χ1v) is 11.6. The van der Waals surface area contributed by atoms with E-state index in [2.05, 4.69) is 20.9 Å². The van der Waals surface area contributed by atoms with Gasteiger partial charge in [0.1, 0.15) is 11.1 Å². The number of anilines is 3. The van der Waals surface area contributed by atoms with Crippen molar-refractivity contribution >= 4 is 40.0 Å². The SMILES string of the molecule is COc1nc(N2CCCC(C)(O)C2)nc(N2CC3(C2)SCc2sc(N)c(C#N)c23)n1. The lowest BCUT2D eigenvalue weighted by atomic mass is 9.88. The first-order chi connectivity index (χ1) is 14.3. The van der Waals surface area contributed by atoms with Crippen molar-refractivity contribution < 1.29 is 9.84 Å². The van der Waals surface area contributed by atoms with Crippen LogP contribution in [-0.4, -0.2) is 58.9 Å². The van der Waals surface area contributed by atoms with E-state index in [1.165, 1.54) is 16.2 Å². The molecule has 158 valence electrons. The summed E-state index contributed by atoms with van der Waals surface area (Å²) in [5.74, 6) is 1.97. The van der Waals surface area contributed by atoms with Crippen LogP contribution < -0.4 is 20.3 Å². The molecule has 1 unspecified atom stereocenters. The quantitative estimate of drug-likeness (QED) is 0.721. The summed E-state index contributed by atoms with van der Waals surface area (Å²) in [6.45, 7) is 4.51. The molecule has 5 heterocycles. The maximum absolute atomic E-state index is 10.5. The summed E-state index contributed by atoms with van der Waals surface area (Å²) in [5.41, 5.74) is 7.03. The lowest BCUT2D eigenvalue weighted by Crippen LogP contribution is -2.57. The van der Waals surface area contributed by atoms with Crippen LogP contribution in [0.4, 0.5) is 16.9 Å². The fraction of sp³-hybridized carbons (Fsp3) is 0.579. The Labute approximate surface area is 182 Å². The van der Waals surface area contributed by atoms with E-state index in [0.717, 1.165) is 30.7 Å². The zero-order chi connectivity index (χ0) is 21.1. The zero-order valence-electron chi connectivity index (χ0n) is 16.9. The molecular weight excluding hydrogens is 422 g/mol. The predicted molar refractivity (Wildman–Crippen MR) is 117 cm³/mol. The van der Waals surface area contributed by atoms with Crippen molar-refractivity contribution in [2.45, 2.75) is 35.9 Å². The van der Waals surface area contributed by atoms with Gasteiger partial charge in [0.05, 0.1) is 23.0 Å². The van der Waals surface area contributed by atoms with Crippen LogP contribution in [0.2, 0.25) is 0 Å². The van der Waals surface area contributed by atoms with E-state index in [1.807, 2.05) is 23.6 Å². The smallest absolute Gasteiger partial charge is 0.322 e. The minimum Gasteiger partial charge on any atom is -0.467 e. The number of nitrogen functional groups attached to an aromatic ring is 1. The Morgan fingerprint density at radius 2 is 1.93 bits per heavy atom. The number of thioether (sulfide) groups is 1. The summed E-state index contributed by atoms with van der Waals surface area (Å²) in [6.07, 6.45) is 1.64. The Morgan fingerprint density at radius 1 is 1.20 bits per heavy atom. The van der Waals surface area contributed by atoms with Crippen LogP contribution in [0.5, 0.6) is 6.01 Å². The molecule has 30 heavy (non-hydrogen) atoms. The van der Waals surface area contributed by atoms with Crippen molar-refractivity contribution in [1.82, 2.24) is 15.0 Å². The zero-order valence-corrected chi connectivity index (χ0v) is 18.5. The van der Waals surface area contributed by atoms with E-state index < -0.39 is 5.60 Å². The van der Waals surface area contributed by atoms with Gasteiger partial charge in [-0.15, -0.1) is 23.1 Å². The van der Waals surface area contributed by atoms with E-state index in [1.54, 1.807) is 7.11 Å². The second-order valence-corrected chi connectivity index (χ2v) is 10.8. The number of piperidine rings is 1. The maximum Gasteiger partial charge on any atom is 0.322 e. The van der Waals surface area contributed by atoms with Crippen molar-refractivity contribution in [3.05, 3.63) is 16.0 Å². The van der Waals surface area contributed by atoms with Crippen LogP contribution in [-0.2, 0) is 10.5 Å². The van der Waals surface area contributed by atoms with E-state index in [0.29, 0.717) is 42.1 Å². The molecular formula is C19H23N7O2S2. The molecule has 3 N–H and O–H groups in total. The second kappa shape index (κ2) is 6.87. The van der Waals surface area contributed by atoms with Crippen LogP contribution in [0.15, 0.2) is 0 Å². The molecule has 5 rings (SSSR count). The number of hydrogen-bond donors (Lipinski definition) is 2. The third-order valence-corrected chi connectivity index (χ3v) is 8.61. The largest absolute Gasteiger partial charge is 0.467 e. The first kappa shape index (κ1) is 19.7. The number of nitrogens with two attached hydrogens (primary N) is 1. The molecule has 0 amide bonds. The number of methoxy groups -OCH3 is 1. The third-order valence-electron chi connectivity index (χ3n) is 5.96. The van der Waals surface area contributed by atoms with Crippen molar-refractivity contribution in [1.29, 1.82) is 5.26 Å². The summed E-state index contributed by atoms with van der Waals surface area (Å²) in [7, 11) is 1.54. The van der Waals surface area contributed by atoms with E-state index in [9.17, 15) is 10.4 Å². The van der Waals surface area contributed by atoms with Gasteiger partial charge >= 0.3 is 6.01 Å². The van der Waals surface area contributed by atoms with Gasteiger partial charge < -0.3 is 25.4 Å². The molecule has 3 aliphatic rings. The van der Waals surface area contributed by atoms with Crippen molar-refractivity contribution in [2.24, 2.45) is 0 Å². The number of ether oxygens (including phenoxy) is 1. The summed E-state index contributed by atoms with van der Waals surface area (Å²) >= 11 is 3.39. The number of hydrogen-bond acceptors (Lipinski definition) is 11. The van der Waals surface area contributed by atoms with Crippen LogP contribution >= 0.6 is 23.1 Å². The highest BCUT2D eigenvalue weighted by atomic mass is 32.2. The number of fused-ring (bicyclic) bond motifs is 2. The van der Waals surface area contributed by atoms with Gasteiger partial charge in [0.2, 0.25) is 11.9 Å². The van der Waals surface area contributed by atoms with Gasteiger partial charge in [0.25, 0.3) is 0 Å². The number of nitrogens with zero attached hydrogens (tertiary/aromatic N) is 6. The van der Waals surface area contributed by atoms with Gasteiger partial charge in [-0.1, -0.05) is 0 Å². The van der Waals surface area contributed by atoms with Gasteiger partial charge in [-0.3, -0.25) is 0 Å². The standard InChI is InChI=1S/C19H23N7O2S2/c1-18(27)4-3-5-25(8-18)15-22-16(24-17(23-15)28-2)26-9-19(10-26)13-11(6-20)14(21)30-12(13)7-29-19/h27H,3-5,7-10,21H2,1-2H3. The van der Waals surface area contributed by atoms with E-state index in [4.69, 9.17) is 15.5 Å². The summed E-state index contributed by atoms with van der Waals surface area (Å²) in [4.78, 5) is 18.9. The molecule has 2 saturated heterocycles. The predicted octanol–water partition coefficient (Wildman–Crippen LogP) is 1.71. The van der Waals surface area contributed by atoms with Crippen LogP contribution in [0.3, 0.4) is 0 Å². The van der Waals surface area contributed by atoms with Gasteiger partial charge in [0.15, 0.2) is 0 Å². The Kier molecular flexibility index (Phi) is 4.50. The van der Waals surface area contributed by atoms with Crippen molar-refractivity contribution in [3.8, 4) is 12.1 Å². The average molecular weight is 446 g/mol. The van der Waals surface area contributed by atoms with Gasteiger partial charge in [-0.2, -0.15) is 20.2 Å². The molecule has 2 aromatic heterocycles. The fourth-order valence-corrected chi connectivity index (χ4v) is 7.34. The Bertz CT molecular complexity index is 1040. The number of aliphatic hydroxyl groups is 1. The third kappa shape index (κ3) is 3.05. The average Bonchev–Trinajstić information content (AvgIpc) is 3.21. The highest BCUT2D eigenvalue weighted by molar-refractivity contribution is 8.00. The van der Waals surface area contributed by atoms with Gasteiger partial charge in [0, 0.05) is 42.4 Å². The number of rotatable bonds is 3. The molecule has 2 fully saturated rings. The van der Waals surface area contributed by atoms with E-state index in [-0.39, 0.29) is 10.8 Å². The Hall–Kier alpha value is -2.29. The van der Waals surface area contributed by atoms with E-state index >= 15 is 0 Å². The van der Waals surface area contributed by atoms with Gasteiger partial charge in [-0.05, 0) is 19.8 Å². The summed E-state index contributed by atoms with van der Waals surface area (Å²) < 4.78 is 5.19. The molecule has 1 spiro atoms. The Balaban J connectivity index is 1.42. The number of aromatic nitrogens is 3. The van der Waals surface area contributed by atoms with Crippen LogP contribution in [0, 0.1) is 11.3 Å². The lowest BCUT2D eigenvalue weighted by molar-refractivity contribution is 0.0444. The minimum atomic E-state index is -0.761. The molecule has 11 heteroatoms. The topological polar surface area (TPSA) is 124 Å². The maximum atomic E-state index is 10.5. The first-order valence-electron chi connectivity index (χ1n) is 9.82. The molecule has 3 aliphatic heterocycles. The molecule has 1 atom stereocenters. The highest BCUT2D eigenvalue weighted by Crippen LogP contribution is 2.57.